The van der Waals surface area contributed by atoms with E-state index in [1.54, 1.807) is 0 Å². The van der Waals surface area contributed by atoms with Gasteiger partial charge in [0.15, 0.2) is 0 Å². The van der Waals surface area contributed by atoms with Crippen LogP contribution in [-0.2, 0) is 9.47 Å². The number of hydrogen-bond acceptors (Lipinski definition) is 5. The quantitative estimate of drug-likeness (QED) is 0.429. The molecule has 5 nitrogen and oxygen atoms in total. The molecule has 3 atom stereocenters. The summed E-state index contributed by atoms with van der Waals surface area (Å²) in [6.45, 7) is -0.327. The standard InChI is InChI=1S/C6H12O5/c1-10-6(9)2-4(8)5(3-7)11-6/h4-5,7-9H,2-3H2,1H3/t4-,5+,6?/m0/s1. The molecule has 3 N–H and O–H groups in total. The first kappa shape index (κ1) is 8.89. The van der Waals surface area contributed by atoms with Crippen molar-refractivity contribution in [3.63, 3.8) is 0 Å². The molecular formula is C6H12O5. The molecular weight excluding hydrogens is 152 g/mol. The Bertz CT molecular complexity index is 139. The maximum absolute atomic E-state index is 9.26. The molecule has 1 aliphatic heterocycles. The lowest BCUT2D eigenvalue weighted by Gasteiger charge is -2.19. The number of aliphatic hydroxyl groups is 3. The summed E-state index contributed by atoms with van der Waals surface area (Å²) in [6, 6.07) is 0. The molecule has 1 rings (SSSR count). The summed E-state index contributed by atoms with van der Waals surface area (Å²) in [7, 11) is 1.27. The highest BCUT2D eigenvalue weighted by Gasteiger charge is 2.44. The molecule has 11 heavy (non-hydrogen) atoms. The van der Waals surface area contributed by atoms with Gasteiger partial charge in [0.25, 0.3) is 5.97 Å². The van der Waals surface area contributed by atoms with Crippen LogP contribution in [0, 0.1) is 0 Å². The van der Waals surface area contributed by atoms with Gasteiger partial charge in [0.2, 0.25) is 0 Å². The van der Waals surface area contributed by atoms with E-state index in [0.29, 0.717) is 0 Å². The molecule has 1 heterocycles. The van der Waals surface area contributed by atoms with Crippen molar-refractivity contribution in [1.29, 1.82) is 0 Å². The summed E-state index contributed by atoms with van der Waals surface area (Å²) in [5, 5.41) is 27.0. The van der Waals surface area contributed by atoms with Crippen LogP contribution in [0.15, 0.2) is 0 Å². The molecule has 0 aliphatic carbocycles. The van der Waals surface area contributed by atoms with Crippen molar-refractivity contribution in [3.8, 4) is 0 Å². The summed E-state index contributed by atoms with van der Waals surface area (Å²) < 4.78 is 9.36. The fourth-order valence-corrected chi connectivity index (χ4v) is 1.05. The maximum atomic E-state index is 9.26. The summed E-state index contributed by atoms with van der Waals surface area (Å²) in [5.41, 5.74) is 0. The zero-order chi connectivity index (χ0) is 8.48. The molecule has 0 aromatic rings. The van der Waals surface area contributed by atoms with Crippen LogP contribution >= 0.6 is 0 Å². The number of aliphatic hydroxyl groups excluding tert-OH is 2. The van der Waals surface area contributed by atoms with Gasteiger partial charge in [-0.15, -0.1) is 0 Å². The van der Waals surface area contributed by atoms with Crippen molar-refractivity contribution >= 4 is 0 Å². The van der Waals surface area contributed by atoms with E-state index in [1.165, 1.54) is 7.11 Å². The van der Waals surface area contributed by atoms with E-state index in [0.717, 1.165) is 0 Å². The number of rotatable bonds is 2. The topological polar surface area (TPSA) is 79.2 Å². The Kier molecular flexibility index (Phi) is 2.46. The molecule has 0 spiro atoms. The Hall–Kier alpha value is -0.200. The van der Waals surface area contributed by atoms with Crippen molar-refractivity contribution in [1.82, 2.24) is 0 Å². The Morgan fingerprint density at radius 2 is 2.36 bits per heavy atom. The van der Waals surface area contributed by atoms with Gasteiger partial charge in [-0.2, -0.15) is 0 Å². The SMILES string of the molecule is COC1(O)C[C@H](O)[C@@H](CO)O1. The first-order chi connectivity index (χ1) is 5.11. The molecule has 1 saturated heterocycles. The van der Waals surface area contributed by atoms with Gasteiger partial charge in [0, 0.05) is 7.11 Å². The summed E-state index contributed by atoms with van der Waals surface area (Å²) >= 11 is 0. The Morgan fingerprint density at radius 3 is 2.64 bits per heavy atom. The highest BCUT2D eigenvalue weighted by molar-refractivity contribution is 4.80. The fraction of sp³-hybridized carbons (Fsp3) is 1.00. The Morgan fingerprint density at radius 1 is 1.73 bits per heavy atom. The maximum Gasteiger partial charge on any atom is 0.283 e. The minimum absolute atomic E-state index is 0.0330. The Balaban J connectivity index is 2.55. The average molecular weight is 164 g/mol. The van der Waals surface area contributed by atoms with Crippen LogP contribution in [0.5, 0.6) is 0 Å². The Labute approximate surface area is 64.2 Å². The van der Waals surface area contributed by atoms with Gasteiger partial charge in [-0.1, -0.05) is 0 Å². The summed E-state index contributed by atoms with van der Waals surface area (Å²) in [5.74, 6) is -1.73. The molecule has 66 valence electrons. The average Bonchev–Trinajstić information content (AvgIpc) is 2.27. The lowest BCUT2D eigenvalue weighted by Crippen LogP contribution is -2.31. The monoisotopic (exact) mass is 164 g/mol. The minimum Gasteiger partial charge on any atom is -0.394 e. The van der Waals surface area contributed by atoms with Crippen molar-refractivity contribution in [2.24, 2.45) is 0 Å². The van der Waals surface area contributed by atoms with Crippen LogP contribution in [0.3, 0.4) is 0 Å². The normalized spacial score (nSPS) is 44.7. The molecule has 0 aromatic heterocycles. The number of methoxy groups -OCH3 is 1. The molecule has 5 heteroatoms. The van der Waals surface area contributed by atoms with Gasteiger partial charge in [0.1, 0.15) is 6.10 Å². The third kappa shape index (κ3) is 1.69. The lowest BCUT2D eigenvalue weighted by atomic mass is 10.2. The first-order valence-corrected chi connectivity index (χ1v) is 3.35. The zero-order valence-electron chi connectivity index (χ0n) is 6.23. The van der Waals surface area contributed by atoms with Crippen LogP contribution in [0.2, 0.25) is 0 Å². The highest BCUT2D eigenvalue weighted by Crippen LogP contribution is 2.28. The van der Waals surface area contributed by atoms with Crippen molar-refractivity contribution in [2.75, 3.05) is 13.7 Å². The molecule has 0 saturated carbocycles. The van der Waals surface area contributed by atoms with Crippen molar-refractivity contribution in [2.45, 2.75) is 24.6 Å². The number of ether oxygens (including phenoxy) is 2. The van der Waals surface area contributed by atoms with Gasteiger partial charge in [-0.3, -0.25) is 0 Å². The van der Waals surface area contributed by atoms with E-state index in [-0.39, 0.29) is 13.0 Å². The van der Waals surface area contributed by atoms with E-state index >= 15 is 0 Å². The van der Waals surface area contributed by atoms with E-state index < -0.39 is 18.2 Å². The van der Waals surface area contributed by atoms with Gasteiger partial charge >= 0.3 is 0 Å². The molecule has 1 fully saturated rings. The molecule has 0 radical (unpaired) electrons. The predicted molar refractivity (Wildman–Crippen MR) is 34.5 cm³/mol. The second-order valence-corrected chi connectivity index (χ2v) is 2.53. The second kappa shape index (κ2) is 3.04. The molecule has 0 amide bonds. The third-order valence-corrected chi connectivity index (χ3v) is 1.73. The van der Waals surface area contributed by atoms with Crippen molar-refractivity contribution < 1.29 is 24.8 Å². The van der Waals surface area contributed by atoms with Crippen LogP contribution < -0.4 is 0 Å². The highest BCUT2D eigenvalue weighted by atomic mass is 16.8. The summed E-state index contributed by atoms with van der Waals surface area (Å²) in [4.78, 5) is 0. The molecule has 0 aromatic carbocycles. The predicted octanol–water partition coefficient (Wildman–Crippen LogP) is -1.58. The van der Waals surface area contributed by atoms with E-state index in [1.807, 2.05) is 0 Å². The summed E-state index contributed by atoms with van der Waals surface area (Å²) in [6.07, 6.45) is -1.65. The van der Waals surface area contributed by atoms with E-state index in [2.05, 4.69) is 4.74 Å². The van der Waals surface area contributed by atoms with E-state index in [4.69, 9.17) is 14.9 Å². The van der Waals surface area contributed by atoms with Crippen LogP contribution in [-0.4, -0.2) is 47.2 Å². The number of hydrogen-bond donors (Lipinski definition) is 3. The second-order valence-electron chi connectivity index (χ2n) is 2.53. The third-order valence-electron chi connectivity index (χ3n) is 1.73. The van der Waals surface area contributed by atoms with Gasteiger partial charge < -0.3 is 24.8 Å². The fourth-order valence-electron chi connectivity index (χ4n) is 1.05. The molecule has 0 bridgehead atoms. The zero-order valence-corrected chi connectivity index (χ0v) is 6.23. The van der Waals surface area contributed by atoms with E-state index in [9.17, 15) is 5.11 Å². The smallest absolute Gasteiger partial charge is 0.283 e. The van der Waals surface area contributed by atoms with Gasteiger partial charge in [0.05, 0.1) is 19.1 Å². The van der Waals surface area contributed by atoms with Crippen LogP contribution in [0.25, 0.3) is 0 Å². The largest absolute Gasteiger partial charge is 0.394 e. The van der Waals surface area contributed by atoms with Crippen molar-refractivity contribution in [3.05, 3.63) is 0 Å². The van der Waals surface area contributed by atoms with Crippen LogP contribution in [0.1, 0.15) is 6.42 Å². The first-order valence-electron chi connectivity index (χ1n) is 3.35. The molecule has 1 unspecified atom stereocenters. The van der Waals surface area contributed by atoms with Crippen LogP contribution in [0.4, 0.5) is 0 Å². The van der Waals surface area contributed by atoms with Gasteiger partial charge in [-0.25, -0.2) is 0 Å². The lowest BCUT2D eigenvalue weighted by molar-refractivity contribution is -0.340. The molecule has 1 aliphatic rings. The van der Waals surface area contributed by atoms with Gasteiger partial charge in [-0.05, 0) is 0 Å². The minimum atomic E-state index is -1.73.